The van der Waals surface area contributed by atoms with E-state index >= 15 is 0 Å². The lowest BCUT2D eigenvalue weighted by Crippen LogP contribution is -2.21. The second-order valence-corrected chi connectivity index (χ2v) is 7.02. The monoisotopic (exact) mass is 470 g/mol. The first-order valence-corrected chi connectivity index (χ1v) is 9.99. The molecule has 5 nitrogen and oxygen atoms in total. The van der Waals surface area contributed by atoms with E-state index in [2.05, 4.69) is 11.9 Å². The Morgan fingerprint density at radius 2 is 1.79 bits per heavy atom. The van der Waals surface area contributed by atoms with Crippen molar-refractivity contribution in [3.8, 4) is 17.0 Å². The quantitative estimate of drug-likeness (QED) is 0.440. The van der Waals surface area contributed by atoms with Crippen LogP contribution in [0.15, 0.2) is 48.8 Å². The number of hydrogen-bond acceptors (Lipinski definition) is 3. The molecule has 0 spiro atoms. The van der Waals surface area contributed by atoms with E-state index in [4.69, 9.17) is 14.6 Å². The second-order valence-electron chi connectivity index (χ2n) is 7.02. The van der Waals surface area contributed by atoms with E-state index in [1.165, 1.54) is 6.07 Å². The SMILES string of the molecule is CCCCc1c(-c2ccccc2OC)ncn1Cc1ccc(F)c(F)c1.O=C(O)C(F)(F)F. The van der Waals surface area contributed by atoms with Crippen LogP contribution in [-0.4, -0.2) is 33.9 Å². The molecule has 1 heterocycles. The van der Waals surface area contributed by atoms with Crippen molar-refractivity contribution in [2.24, 2.45) is 0 Å². The van der Waals surface area contributed by atoms with E-state index in [1.807, 2.05) is 28.8 Å². The summed E-state index contributed by atoms with van der Waals surface area (Å²) in [5, 5.41) is 7.12. The maximum Gasteiger partial charge on any atom is 0.490 e. The lowest BCUT2D eigenvalue weighted by Gasteiger charge is -2.12. The standard InChI is InChI=1S/C21H22F2N2O.C2HF3O2/c1-3-4-8-19-21(16-7-5-6-9-20(16)26-2)24-14-25(19)13-15-10-11-17(22)18(23)12-15;3-2(4,5)1(6)7/h5-7,9-12,14H,3-4,8,13H2,1-2H3;(H,6,7). The normalized spacial score (nSPS) is 11.0. The van der Waals surface area contributed by atoms with E-state index in [0.29, 0.717) is 12.1 Å². The first-order chi connectivity index (χ1) is 15.6. The van der Waals surface area contributed by atoms with Crippen molar-refractivity contribution >= 4 is 5.97 Å². The smallest absolute Gasteiger partial charge is 0.490 e. The molecule has 0 saturated heterocycles. The van der Waals surface area contributed by atoms with Gasteiger partial charge in [0.2, 0.25) is 0 Å². The molecular weight excluding hydrogens is 447 g/mol. The molecule has 1 aromatic heterocycles. The lowest BCUT2D eigenvalue weighted by atomic mass is 10.1. The van der Waals surface area contributed by atoms with Gasteiger partial charge in [-0.15, -0.1) is 0 Å². The van der Waals surface area contributed by atoms with Crippen molar-refractivity contribution in [1.29, 1.82) is 0 Å². The zero-order valence-corrected chi connectivity index (χ0v) is 18.0. The van der Waals surface area contributed by atoms with Crippen LogP contribution in [0.1, 0.15) is 31.0 Å². The third-order valence-corrected chi connectivity index (χ3v) is 4.65. The van der Waals surface area contributed by atoms with E-state index in [0.717, 1.165) is 48.0 Å². The minimum atomic E-state index is -5.08. The molecule has 3 rings (SSSR count). The van der Waals surface area contributed by atoms with Crippen molar-refractivity contribution in [2.45, 2.75) is 38.9 Å². The topological polar surface area (TPSA) is 64.4 Å². The Kier molecular flexibility index (Phi) is 8.95. The van der Waals surface area contributed by atoms with Crippen LogP contribution >= 0.6 is 0 Å². The number of methoxy groups -OCH3 is 1. The van der Waals surface area contributed by atoms with Crippen LogP contribution in [0.25, 0.3) is 11.3 Å². The highest BCUT2D eigenvalue weighted by Crippen LogP contribution is 2.32. The summed E-state index contributed by atoms with van der Waals surface area (Å²) in [6.45, 7) is 2.58. The molecule has 0 atom stereocenters. The molecule has 2 aromatic carbocycles. The number of unbranched alkanes of at least 4 members (excludes halogenated alkanes) is 1. The van der Waals surface area contributed by atoms with Gasteiger partial charge in [0.25, 0.3) is 0 Å². The summed E-state index contributed by atoms with van der Waals surface area (Å²) in [4.78, 5) is 13.5. The number of carboxylic acids is 1. The molecule has 0 fully saturated rings. The summed E-state index contributed by atoms with van der Waals surface area (Å²) in [5.41, 5.74) is 3.58. The molecule has 0 amide bonds. The fourth-order valence-corrected chi connectivity index (χ4v) is 3.05. The molecule has 3 aromatic rings. The number of alkyl halides is 3. The van der Waals surface area contributed by atoms with Crippen molar-refractivity contribution in [3.63, 3.8) is 0 Å². The van der Waals surface area contributed by atoms with Crippen molar-refractivity contribution in [2.75, 3.05) is 7.11 Å². The molecule has 0 unspecified atom stereocenters. The summed E-state index contributed by atoms with van der Waals surface area (Å²) in [6.07, 6.45) is -0.394. The van der Waals surface area contributed by atoms with Gasteiger partial charge in [-0.1, -0.05) is 31.5 Å². The average molecular weight is 470 g/mol. The summed E-state index contributed by atoms with van der Waals surface area (Å²) in [7, 11) is 1.64. The van der Waals surface area contributed by atoms with E-state index in [-0.39, 0.29) is 0 Å². The minimum absolute atomic E-state index is 0.443. The van der Waals surface area contributed by atoms with Gasteiger partial charge in [0.15, 0.2) is 11.6 Å². The molecule has 0 aliphatic carbocycles. The fourth-order valence-electron chi connectivity index (χ4n) is 3.05. The van der Waals surface area contributed by atoms with Gasteiger partial charge in [0, 0.05) is 17.8 Å². The highest BCUT2D eigenvalue weighted by Gasteiger charge is 2.38. The Morgan fingerprint density at radius 3 is 2.36 bits per heavy atom. The molecular formula is C23H23F5N2O3. The van der Waals surface area contributed by atoms with Gasteiger partial charge in [-0.3, -0.25) is 0 Å². The molecule has 0 saturated carbocycles. The number of ether oxygens (including phenoxy) is 1. The van der Waals surface area contributed by atoms with Gasteiger partial charge in [0.05, 0.1) is 19.1 Å². The number of para-hydroxylation sites is 1. The number of carbonyl (C=O) groups is 1. The third-order valence-electron chi connectivity index (χ3n) is 4.65. The summed E-state index contributed by atoms with van der Waals surface area (Å²) in [5.74, 6) is -3.65. The summed E-state index contributed by atoms with van der Waals surface area (Å²) >= 11 is 0. The third kappa shape index (κ3) is 7.03. The fraction of sp³-hybridized carbons (Fsp3) is 0.304. The van der Waals surface area contributed by atoms with Gasteiger partial charge in [0.1, 0.15) is 5.75 Å². The number of rotatable bonds is 7. The highest BCUT2D eigenvalue weighted by molar-refractivity contribution is 5.73. The molecule has 0 aliphatic heterocycles. The minimum Gasteiger partial charge on any atom is -0.496 e. The van der Waals surface area contributed by atoms with Crippen LogP contribution in [0.3, 0.4) is 0 Å². The predicted molar refractivity (Wildman–Crippen MR) is 112 cm³/mol. The van der Waals surface area contributed by atoms with Crippen molar-refractivity contribution in [3.05, 3.63) is 71.7 Å². The van der Waals surface area contributed by atoms with Crippen LogP contribution in [-0.2, 0) is 17.8 Å². The number of nitrogens with zero attached hydrogens (tertiary/aromatic N) is 2. The van der Waals surface area contributed by atoms with Crippen molar-refractivity contribution < 1.29 is 36.6 Å². The number of aliphatic carboxylic acids is 1. The van der Waals surface area contributed by atoms with Crippen LogP contribution in [0.5, 0.6) is 5.75 Å². The lowest BCUT2D eigenvalue weighted by molar-refractivity contribution is -0.192. The van der Waals surface area contributed by atoms with E-state index < -0.39 is 23.8 Å². The Bertz CT molecular complexity index is 1080. The second kappa shape index (κ2) is 11.4. The molecule has 0 bridgehead atoms. The Labute approximate surface area is 187 Å². The summed E-state index contributed by atoms with van der Waals surface area (Å²) < 4.78 is 65.9. The number of carboxylic acid groups (broad SMARTS) is 1. The highest BCUT2D eigenvalue weighted by atomic mass is 19.4. The largest absolute Gasteiger partial charge is 0.496 e. The summed E-state index contributed by atoms with van der Waals surface area (Å²) in [6, 6.07) is 11.8. The average Bonchev–Trinajstić information content (AvgIpc) is 3.16. The first kappa shape index (κ1) is 25.8. The number of aromatic nitrogens is 2. The van der Waals surface area contributed by atoms with Crippen LogP contribution in [0, 0.1) is 11.6 Å². The van der Waals surface area contributed by atoms with Gasteiger partial charge < -0.3 is 14.4 Å². The molecule has 0 radical (unpaired) electrons. The van der Waals surface area contributed by atoms with Crippen molar-refractivity contribution in [1.82, 2.24) is 9.55 Å². The van der Waals surface area contributed by atoms with Crippen LogP contribution in [0.2, 0.25) is 0 Å². The van der Waals surface area contributed by atoms with E-state index in [9.17, 15) is 22.0 Å². The Morgan fingerprint density at radius 1 is 1.12 bits per heavy atom. The zero-order valence-electron chi connectivity index (χ0n) is 18.0. The molecule has 10 heteroatoms. The van der Waals surface area contributed by atoms with Gasteiger partial charge in [-0.05, 0) is 42.7 Å². The first-order valence-electron chi connectivity index (χ1n) is 9.99. The Hall–Kier alpha value is -3.43. The van der Waals surface area contributed by atoms with Crippen LogP contribution in [0.4, 0.5) is 22.0 Å². The maximum atomic E-state index is 13.5. The van der Waals surface area contributed by atoms with Gasteiger partial charge in [-0.2, -0.15) is 13.2 Å². The van der Waals surface area contributed by atoms with Gasteiger partial charge >= 0.3 is 12.1 Å². The number of halogens is 5. The molecule has 1 N–H and O–H groups in total. The zero-order chi connectivity index (χ0) is 24.6. The molecule has 33 heavy (non-hydrogen) atoms. The van der Waals surface area contributed by atoms with Gasteiger partial charge in [-0.25, -0.2) is 18.6 Å². The number of benzene rings is 2. The van der Waals surface area contributed by atoms with E-state index in [1.54, 1.807) is 19.5 Å². The Balaban J connectivity index is 0.000000479. The molecule has 0 aliphatic rings. The maximum absolute atomic E-state index is 13.5. The van der Waals surface area contributed by atoms with Crippen LogP contribution < -0.4 is 4.74 Å². The predicted octanol–water partition coefficient (Wildman–Crippen LogP) is 5.86. The number of hydrogen-bond donors (Lipinski definition) is 1. The molecule has 178 valence electrons. The number of imidazole rings is 1.